The van der Waals surface area contributed by atoms with Crippen molar-refractivity contribution >= 4 is 27.8 Å². The number of benzene rings is 1. The van der Waals surface area contributed by atoms with E-state index in [1.165, 1.54) is 0 Å². The number of nitrogens with one attached hydrogen (secondary N) is 1. The number of carbonyl (C=O) groups excluding carboxylic acids is 2. The summed E-state index contributed by atoms with van der Waals surface area (Å²) in [5, 5.41) is 2.62. The zero-order valence-electron chi connectivity index (χ0n) is 11.5. The lowest BCUT2D eigenvalue weighted by Crippen LogP contribution is -2.42. The third-order valence-electron chi connectivity index (χ3n) is 2.23. The first kappa shape index (κ1) is 15.7. The molecule has 0 spiro atoms. The molecule has 0 heterocycles. The molecule has 1 aromatic rings. The molecule has 19 heavy (non-hydrogen) atoms. The molecule has 1 rings (SSSR count). The Morgan fingerprint density at radius 2 is 1.84 bits per heavy atom. The first-order chi connectivity index (χ1) is 8.70. The van der Waals surface area contributed by atoms with Gasteiger partial charge in [0.05, 0.1) is 5.56 Å². The largest absolute Gasteiger partial charge is 0.458 e. The Morgan fingerprint density at radius 1 is 1.26 bits per heavy atom. The summed E-state index contributed by atoms with van der Waals surface area (Å²) in [6.45, 7) is 6.95. The molecule has 0 bridgehead atoms. The molecule has 0 unspecified atom stereocenters. The van der Waals surface area contributed by atoms with Crippen LogP contribution in [0.3, 0.4) is 0 Å². The highest BCUT2D eigenvalue weighted by Gasteiger charge is 2.23. The minimum atomic E-state index is -0.696. The van der Waals surface area contributed by atoms with E-state index in [0.29, 0.717) is 10.0 Å². The first-order valence-corrected chi connectivity index (χ1v) is 6.78. The molecule has 1 aromatic carbocycles. The molecule has 0 aromatic heterocycles. The first-order valence-electron chi connectivity index (χ1n) is 5.99. The standard InChI is InChI=1S/C14H18BrNO3/c1-9(13(18)19-14(2,3)4)16-12(17)10-7-5-6-8-11(10)15/h5-9H,1-4H3,(H,16,17)/t9-/m0/s1. The van der Waals surface area contributed by atoms with Gasteiger partial charge in [-0.25, -0.2) is 4.79 Å². The van der Waals surface area contributed by atoms with Crippen LogP contribution in [0.4, 0.5) is 0 Å². The van der Waals surface area contributed by atoms with Gasteiger partial charge >= 0.3 is 5.97 Å². The number of hydrogen-bond donors (Lipinski definition) is 1. The van der Waals surface area contributed by atoms with Crippen LogP contribution in [0.2, 0.25) is 0 Å². The molecule has 5 heteroatoms. The van der Waals surface area contributed by atoms with E-state index in [2.05, 4.69) is 21.2 Å². The Hall–Kier alpha value is -1.36. The van der Waals surface area contributed by atoms with Crippen LogP contribution in [-0.4, -0.2) is 23.5 Å². The second-order valence-electron chi connectivity index (χ2n) is 5.21. The van der Waals surface area contributed by atoms with Crippen molar-refractivity contribution in [1.82, 2.24) is 5.32 Å². The lowest BCUT2D eigenvalue weighted by Gasteiger charge is -2.22. The smallest absolute Gasteiger partial charge is 0.328 e. The van der Waals surface area contributed by atoms with Gasteiger partial charge in [0.15, 0.2) is 0 Å². The summed E-state index contributed by atoms with van der Waals surface area (Å²) in [5.41, 5.74) is -0.0819. The molecular weight excluding hydrogens is 310 g/mol. The van der Waals surface area contributed by atoms with Gasteiger partial charge in [-0.05, 0) is 55.8 Å². The van der Waals surface area contributed by atoms with Crippen molar-refractivity contribution in [3.05, 3.63) is 34.3 Å². The minimum absolute atomic E-state index is 0.314. The number of rotatable bonds is 3. The van der Waals surface area contributed by atoms with Gasteiger partial charge in [0.25, 0.3) is 5.91 Å². The summed E-state index contributed by atoms with van der Waals surface area (Å²) in [7, 11) is 0. The maximum absolute atomic E-state index is 12.0. The van der Waals surface area contributed by atoms with E-state index in [-0.39, 0.29) is 5.91 Å². The molecular formula is C14H18BrNO3. The molecule has 4 nitrogen and oxygen atoms in total. The third kappa shape index (κ3) is 5.03. The van der Waals surface area contributed by atoms with E-state index in [4.69, 9.17) is 4.74 Å². The third-order valence-corrected chi connectivity index (χ3v) is 2.92. The maximum atomic E-state index is 12.0. The molecule has 0 radical (unpaired) electrons. The van der Waals surface area contributed by atoms with E-state index < -0.39 is 17.6 Å². The van der Waals surface area contributed by atoms with Gasteiger partial charge in [0.2, 0.25) is 0 Å². The van der Waals surface area contributed by atoms with Crippen LogP contribution in [-0.2, 0) is 9.53 Å². The Labute approximate surface area is 121 Å². The minimum Gasteiger partial charge on any atom is -0.458 e. The van der Waals surface area contributed by atoms with Crippen molar-refractivity contribution < 1.29 is 14.3 Å². The quantitative estimate of drug-likeness (QED) is 0.868. The zero-order valence-corrected chi connectivity index (χ0v) is 13.1. The van der Waals surface area contributed by atoms with Gasteiger partial charge in [-0.2, -0.15) is 0 Å². The Balaban J connectivity index is 2.67. The fourth-order valence-corrected chi connectivity index (χ4v) is 1.83. The molecule has 1 amide bonds. The molecule has 104 valence electrons. The van der Waals surface area contributed by atoms with E-state index >= 15 is 0 Å². The Bertz CT molecular complexity index is 480. The number of ether oxygens (including phenoxy) is 1. The summed E-state index contributed by atoms with van der Waals surface area (Å²) in [6.07, 6.45) is 0. The van der Waals surface area contributed by atoms with Crippen molar-refractivity contribution in [2.24, 2.45) is 0 Å². The summed E-state index contributed by atoms with van der Waals surface area (Å²) in [6, 6.07) is 6.34. The van der Waals surface area contributed by atoms with Crippen LogP contribution < -0.4 is 5.32 Å². The molecule has 0 aliphatic heterocycles. The SMILES string of the molecule is C[C@H](NC(=O)c1ccccc1Br)C(=O)OC(C)(C)C. The van der Waals surface area contributed by atoms with Crippen molar-refractivity contribution in [3.63, 3.8) is 0 Å². The van der Waals surface area contributed by atoms with Crippen LogP contribution in [0.15, 0.2) is 28.7 Å². The highest BCUT2D eigenvalue weighted by molar-refractivity contribution is 9.10. The van der Waals surface area contributed by atoms with Gasteiger partial charge in [0.1, 0.15) is 11.6 Å². The maximum Gasteiger partial charge on any atom is 0.328 e. The predicted molar refractivity (Wildman–Crippen MR) is 76.9 cm³/mol. The van der Waals surface area contributed by atoms with Gasteiger partial charge in [0, 0.05) is 4.47 Å². The summed E-state index contributed by atoms with van der Waals surface area (Å²) in [4.78, 5) is 23.8. The number of halogens is 1. The average Bonchev–Trinajstić information content (AvgIpc) is 2.27. The van der Waals surface area contributed by atoms with Gasteiger partial charge in [-0.3, -0.25) is 4.79 Å². The Morgan fingerprint density at radius 3 is 2.37 bits per heavy atom. The average molecular weight is 328 g/mol. The number of esters is 1. The van der Waals surface area contributed by atoms with Crippen LogP contribution in [0.25, 0.3) is 0 Å². The zero-order chi connectivity index (χ0) is 14.6. The van der Waals surface area contributed by atoms with Crippen LogP contribution in [0.5, 0.6) is 0 Å². The molecule has 1 atom stereocenters. The lowest BCUT2D eigenvalue weighted by atomic mass is 10.2. The Kier molecular flexibility index (Phi) is 5.11. The molecule has 0 aliphatic carbocycles. The molecule has 0 saturated carbocycles. The van der Waals surface area contributed by atoms with Crippen LogP contribution in [0.1, 0.15) is 38.1 Å². The van der Waals surface area contributed by atoms with Crippen molar-refractivity contribution in [2.45, 2.75) is 39.3 Å². The summed E-state index contributed by atoms with van der Waals surface area (Å²) >= 11 is 3.30. The van der Waals surface area contributed by atoms with Crippen molar-refractivity contribution in [2.75, 3.05) is 0 Å². The normalized spacial score (nSPS) is 12.7. The highest BCUT2D eigenvalue weighted by Crippen LogP contribution is 2.16. The van der Waals surface area contributed by atoms with Crippen LogP contribution >= 0.6 is 15.9 Å². The fourth-order valence-electron chi connectivity index (χ4n) is 1.37. The lowest BCUT2D eigenvalue weighted by molar-refractivity contribution is -0.156. The topological polar surface area (TPSA) is 55.4 Å². The monoisotopic (exact) mass is 327 g/mol. The predicted octanol–water partition coefficient (Wildman–Crippen LogP) is 2.91. The second kappa shape index (κ2) is 6.19. The van der Waals surface area contributed by atoms with Gasteiger partial charge in [-0.1, -0.05) is 12.1 Å². The summed E-state index contributed by atoms with van der Waals surface area (Å²) in [5.74, 6) is -0.765. The highest BCUT2D eigenvalue weighted by atomic mass is 79.9. The molecule has 0 aliphatic rings. The number of hydrogen-bond acceptors (Lipinski definition) is 3. The fraction of sp³-hybridized carbons (Fsp3) is 0.429. The van der Waals surface area contributed by atoms with Crippen molar-refractivity contribution in [1.29, 1.82) is 0 Å². The second-order valence-corrected chi connectivity index (χ2v) is 6.06. The number of amides is 1. The molecule has 1 N–H and O–H groups in total. The molecule has 0 saturated heterocycles. The van der Waals surface area contributed by atoms with Gasteiger partial charge in [-0.15, -0.1) is 0 Å². The van der Waals surface area contributed by atoms with Crippen molar-refractivity contribution in [3.8, 4) is 0 Å². The van der Waals surface area contributed by atoms with E-state index in [0.717, 1.165) is 0 Å². The molecule has 0 fully saturated rings. The van der Waals surface area contributed by atoms with Gasteiger partial charge < -0.3 is 10.1 Å². The van der Waals surface area contributed by atoms with E-state index in [1.807, 2.05) is 6.07 Å². The summed E-state index contributed by atoms with van der Waals surface area (Å²) < 4.78 is 5.89. The van der Waals surface area contributed by atoms with E-state index in [9.17, 15) is 9.59 Å². The van der Waals surface area contributed by atoms with E-state index in [1.54, 1.807) is 45.9 Å². The number of carbonyl (C=O) groups is 2. The van der Waals surface area contributed by atoms with Crippen LogP contribution in [0, 0.1) is 0 Å².